The first-order valence-corrected chi connectivity index (χ1v) is 7.20. The first kappa shape index (κ1) is 14.3. The quantitative estimate of drug-likeness (QED) is 0.757. The fraction of sp³-hybridized carbons (Fsp3) is 0.125. The van der Waals surface area contributed by atoms with Crippen LogP contribution in [0.15, 0.2) is 42.5 Å². The molecule has 0 atom stereocenters. The topological polar surface area (TPSA) is 62.4 Å². The zero-order valence-electron chi connectivity index (χ0n) is 12.0. The van der Waals surface area contributed by atoms with Crippen molar-refractivity contribution in [3.63, 3.8) is 0 Å². The van der Waals surface area contributed by atoms with Crippen molar-refractivity contribution in [2.75, 3.05) is 23.1 Å². The van der Waals surface area contributed by atoms with Gasteiger partial charge in [0.15, 0.2) is 0 Å². The van der Waals surface area contributed by atoms with Crippen LogP contribution >= 0.6 is 12.2 Å². The number of ether oxygens (including phenoxy) is 1. The van der Waals surface area contributed by atoms with Gasteiger partial charge >= 0.3 is 6.03 Å². The Labute approximate surface area is 133 Å². The maximum atomic E-state index is 12.0. The molecule has 0 aliphatic carbocycles. The molecule has 0 saturated carbocycles. The predicted octanol–water partition coefficient (Wildman–Crippen LogP) is 3.63. The Morgan fingerprint density at radius 1 is 1.18 bits per heavy atom. The van der Waals surface area contributed by atoms with Crippen LogP contribution in [0.1, 0.15) is 5.56 Å². The molecule has 6 heteroatoms. The number of benzene rings is 2. The number of methoxy groups -OCH3 is 1. The number of amides is 2. The maximum Gasteiger partial charge on any atom is 0.323 e. The zero-order chi connectivity index (χ0) is 15.5. The van der Waals surface area contributed by atoms with Crippen LogP contribution in [0.3, 0.4) is 0 Å². The van der Waals surface area contributed by atoms with Crippen LogP contribution < -0.4 is 20.7 Å². The summed E-state index contributed by atoms with van der Waals surface area (Å²) in [6.45, 7) is 0. The Morgan fingerprint density at radius 2 is 1.95 bits per heavy atom. The van der Waals surface area contributed by atoms with Gasteiger partial charge in [-0.2, -0.15) is 0 Å². The fourth-order valence-electron chi connectivity index (χ4n) is 2.29. The summed E-state index contributed by atoms with van der Waals surface area (Å²) >= 11 is 5.14. The largest absolute Gasteiger partial charge is 0.497 e. The molecule has 0 bridgehead atoms. The van der Waals surface area contributed by atoms with Gasteiger partial charge in [0.25, 0.3) is 0 Å². The van der Waals surface area contributed by atoms with Crippen LogP contribution in [0.4, 0.5) is 21.9 Å². The first-order chi connectivity index (χ1) is 10.6. The normalized spacial score (nSPS) is 12.3. The summed E-state index contributed by atoms with van der Waals surface area (Å²) < 4.78 is 5.12. The van der Waals surface area contributed by atoms with Crippen LogP contribution in [-0.4, -0.2) is 18.1 Å². The third-order valence-electron chi connectivity index (χ3n) is 3.32. The van der Waals surface area contributed by atoms with Gasteiger partial charge in [0.2, 0.25) is 0 Å². The van der Waals surface area contributed by atoms with Crippen molar-refractivity contribution < 1.29 is 9.53 Å². The van der Waals surface area contributed by atoms with Gasteiger partial charge in [-0.05, 0) is 29.8 Å². The number of hydrogen-bond donors (Lipinski definition) is 3. The second-order valence-electron chi connectivity index (χ2n) is 4.91. The summed E-state index contributed by atoms with van der Waals surface area (Å²) in [5.41, 5.74) is 3.46. The average Bonchev–Trinajstić information content (AvgIpc) is 2.86. The molecular weight excluding hydrogens is 298 g/mol. The molecule has 2 aromatic carbocycles. The van der Waals surface area contributed by atoms with Gasteiger partial charge < -0.3 is 20.7 Å². The van der Waals surface area contributed by atoms with Crippen LogP contribution in [0, 0.1) is 0 Å². The molecule has 0 spiro atoms. The van der Waals surface area contributed by atoms with Gasteiger partial charge in [0.05, 0.1) is 12.1 Å². The van der Waals surface area contributed by atoms with E-state index in [2.05, 4.69) is 16.0 Å². The number of fused-ring (bicyclic) bond motifs is 1. The molecule has 3 N–H and O–H groups in total. The van der Waals surface area contributed by atoms with Crippen molar-refractivity contribution in [2.24, 2.45) is 0 Å². The highest BCUT2D eigenvalue weighted by atomic mass is 32.1. The van der Waals surface area contributed by atoms with Crippen molar-refractivity contribution in [1.29, 1.82) is 0 Å². The minimum absolute atomic E-state index is 0.311. The van der Waals surface area contributed by atoms with E-state index in [4.69, 9.17) is 17.0 Å². The number of urea groups is 1. The monoisotopic (exact) mass is 313 g/mol. The lowest BCUT2D eigenvalue weighted by atomic mass is 10.1. The SMILES string of the molecule is COc1cccc(NC(=O)Nc2ccc3c(c2)NC(=S)C3)c1. The molecule has 3 rings (SSSR count). The van der Waals surface area contributed by atoms with Crippen molar-refractivity contribution in [3.05, 3.63) is 48.0 Å². The molecule has 1 aliphatic heterocycles. The van der Waals surface area contributed by atoms with E-state index in [1.165, 1.54) is 0 Å². The van der Waals surface area contributed by atoms with Gasteiger partial charge in [-0.25, -0.2) is 4.79 Å². The summed E-state index contributed by atoms with van der Waals surface area (Å²) in [6.07, 6.45) is 0.751. The Balaban J connectivity index is 1.67. The van der Waals surface area contributed by atoms with E-state index >= 15 is 0 Å². The maximum absolute atomic E-state index is 12.0. The Kier molecular flexibility index (Phi) is 3.93. The summed E-state index contributed by atoms with van der Waals surface area (Å²) in [5, 5.41) is 8.68. The van der Waals surface area contributed by atoms with E-state index in [-0.39, 0.29) is 6.03 Å². The van der Waals surface area contributed by atoms with E-state index in [1.54, 1.807) is 19.2 Å². The van der Waals surface area contributed by atoms with Gasteiger partial charge in [-0.1, -0.05) is 24.4 Å². The number of anilines is 3. The summed E-state index contributed by atoms with van der Waals surface area (Å²) in [5.74, 6) is 0.688. The average molecular weight is 313 g/mol. The van der Waals surface area contributed by atoms with Gasteiger partial charge in [-0.15, -0.1) is 0 Å². The molecule has 0 unspecified atom stereocenters. The second kappa shape index (κ2) is 6.03. The predicted molar refractivity (Wildman–Crippen MR) is 92.0 cm³/mol. The highest BCUT2D eigenvalue weighted by molar-refractivity contribution is 7.80. The van der Waals surface area contributed by atoms with Crippen LogP contribution in [0.25, 0.3) is 0 Å². The van der Waals surface area contributed by atoms with Crippen molar-refractivity contribution in [1.82, 2.24) is 0 Å². The van der Waals surface area contributed by atoms with E-state index in [1.807, 2.05) is 30.3 Å². The van der Waals surface area contributed by atoms with E-state index in [0.717, 1.165) is 22.7 Å². The minimum atomic E-state index is -0.311. The van der Waals surface area contributed by atoms with Crippen molar-refractivity contribution >= 4 is 40.3 Å². The molecule has 2 amide bonds. The number of thiocarbonyl (C=S) groups is 1. The molecule has 2 aromatic rings. The Bertz CT molecular complexity index is 746. The highest BCUT2D eigenvalue weighted by Crippen LogP contribution is 2.27. The minimum Gasteiger partial charge on any atom is -0.497 e. The first-order valence-electron chi connectivity index (χ1n) is 6.79. The lowest BCUT2D eigenvalue weighted by Crippen LogP contribution is -2.19. The van der Waals surface area contributed by atoms with E-state index in [9.17, 15) is 4.79 Å². The molecule has 1 aliphatic rings. The number of rotatable bonds is 3. The molecule has 0 radical (unpaired) electrons. The smallest absolute Gasteiger partial charge is 0.323 e. The number of hydrogen-bond acceptors (Lipinski definition) is 3. The van der Waals surface area contributed by atoms with E-state index < -0.39 is 0 Å². The second-order valence-corrected chi connectivity index (χ2v) is 5.40. The van der Waals surface area contributed by atoms with E-state index in [0.29, 0.717) is 17.1 Å². The Hall–Kier alpha value is -2.60. The molecular formula is C16H15N3O2S. The molecule has 5 nitrogen and oxygen atoms in total. The number of carbonyl (C=O) groups excluding carboxylic acids is 1. The highest BCUT2D eigenvalue weighted by Gasteiger charge is 2.15. The van der Waals surface area contributed by atoms with Gasteiger partial charge in [0.1, 0.15) is 5.75 Å². The molecule has 22 heavy (non-hydrogen) atoms. The standard InChI is InChI=1S/C16H15N3O2S/c1-21-13-4-2-3-11(8-13)17-16(20)18-12-6-5-10-7-15(22)19-14(10)9-12/h2-6,8-9H,7H2,1H3,(H,19,22)(H2,17,18,20). The molecule has 0 fully saturated rings. The van der Waals surface area contributed by atoms with Crippen LogP contribution in [-0.2, 0) is 6.42 Å². The van der Waals surface area contributed by atoms with Crippen LogP contribution in [0.2, 0.25) is 0 Å². The fourth-order valence-corrected chi connectivity index (χ4v) is 2.55. The van der Waals surface area contributed by atoms with Crippen molar-refractivity contribution in [2.45, 2.75) is 6.42 Å². The summed E-state index contributed by atoms with van der Waals surface area (Å²) in [6, 6.07) is 12.6. The van der Waals surface area contributed by atoms with Gasteiger partial charge in [0, 0.05) is 29.5 Å². The van der Waals surface area contributed by atoms with Crippen molar-refractivity contribution in [3.8, 4) is 5.75 Å². The number of carbonyl (C=O) groups is 1. The van der Waals surface area contributed by atoms with Crippen LogP contribution in [0.5, 0.6) is 5.75 Å². The lowest BCUT2D eigenvalue weighted by molar-refractivity contribution is 0.262. The lowest BCUT2D eigenvalue weighted by Gasteiger charge is -2.10. The van der Waals surface area contributed by atoms with Gasteiger partial charge in [-0.3, -0.25) is 0 Å². The molecule has 0 saturated heterocycles. The Morgan fingerprint density at radius 3 is 2.73 bits per heavy atom. The zero-order valence-corrected chi connectivity index (χ0v) is 12.8. The molecule has 0 aromatic heterocycles. The third-order valence-corrected chi connectivity index (χ3v) is 3.57. The molecule has 1 heterocycles. The third kappa shape index (κ3) is 3.17. The summed E-state index contributed by atoms with van der Waals surface area (Å²) in [7, 11) is 1.58. The molecule has 112 valence electrons. The number of nitrogens with one attached hydrogen (secondary N) is 3. The summed E-state index contributed by atoms with van der Waals surface area (Å²) in [4.78, 5) is 12.8.